The number of aromatic nitrogens is 2. The van der Waals surface area contributed by atoms with E-state index in [4.69, 9.17) is 0 Å². The van der Waals surface area contributed by atoms with Gasteiger partial charge in [0.25, 0.3) is 0 Å². The van der Waals surface area contributed by atoms with Crippen molar-refractivity contribution in [1.29, 1.82) is 0 Å². The lowest BCUT2D eigenvalue weighted by Gasteiger charge is -2.36. The van der Waals surface area contributed by atoms with Gasteiger partial charge in [0.1, 0.15) is 8.07 Å². The predicted octanol–water partition coefficient (Wildman–Crippen LogP) is 15.0. The molecule has 0 spiro atoms. The number of hydrogen-bond acceptors (Lipinski definition) is 4. The molecule has 0 fully saturated rings. The molecule has 3 heterocycles. The molecule has 1 aliphatic rings. The minimum Gasteiger partial charge on any atom is -0.308 e. The molecule has 2 aromatic heterocycles. The van der Waals surface area contributed by atoms with Crippen molar-refractivity contribution in [3.63, 3.8) is 0 Å². The summed E-state index contributed by atoms with van der Waals surface area (Å²) in [4.78, 5) is 14.1. The molecule has 11 aromatic rings. The Hall–Kier alpha value is -8.12. The smallest absolute Gasteiger partial charge is 0.113 e. The summed E-state index contributed by atoms with van der Waals surface area (Å²) in [6.45, 7) is 5.06. The first kappa shape index (κ1) is 38.5. The highest BCUT2D eigenvalue weighted by Crippen LogP contribution is 2.49. The Morgan fingerprint density at radius 1 is 0.338 bits per heavy atom. The molecule has 0 saturated heterocycles. The molecule has 12 rings (SSSR count). The Morgan fingerprint density at radius 3 is 1.54 bits per heavy atom. The van der Waals surface area contributed by atoms with E-state index in [-0.39, 0.29) is 0 Å². The molecule has 308 valence electrons. The second-order valence-electron chi connectivity index (χ2n) is 17.4. The van der Waals surface area contributed by atoms with E-state index in [1.807, 2.05) is 36.9 Å². The van der Waals surface area contributed by atoms with Gasteiger partial charge < -0.3 is 9.80 Å². The van der Waals surface area contributed by atoms with Crippen LogP contribution in [0.3, 0.4) is 0 Å². The third-order valence-corrected chi connectivity index (χ3v) is 16.9. The minimum absolute atomic E-state index is 1.01. The fourth-order valence-electron chi connectivity index (χ4n) is 10.4. The molecular weight excluding hydrogens is 805 g/mol. The molecule has 0 atom stereocenters. The lowest BCUT2D eigenvalue weighted by atomic mass is 9.89. The lowest BCUT2D eigenvalue weighted by molar-refractivity contribution is 1.23. The van der Waals surface area contributed by atoms with E-state index >= 15 is 0 Å². The number of fused-ring (bicyclic) bond motifs is 6. The van der Waals surface area contributed by atoms with Gasteiger partial charge in [-0.05, 0) is 120 Å². The van der Waals surface area contributed by atoms with Crippen LogP contribution in [0.5, 0.6) is 0 Å². The van der Waals surface area contributed by atoms with Gasteiger partial charge in [0.05, 0.1) is 40.8 Å². The fraction of sp³-hybridized carbons (Fsp3) is 0.0333. The van der Waals surface area contributed by atoms with Crippen molar-refractivity contribution in [3.05, 3.63) is 231 Å². The van der Waals surface area contributed by atoms with Crippen LogP contribution in [0.1, 0.15) is 0 Å². The normalized spacial score (nSPS) is 12.6. The molecule has 9 aromatic carbocycles. The lowest BCUT2D eigenvalue weighted by Crippen LogP contribution is -2.56. The summed E-state index contributed by atoms with van der Waals surface area (Å²) >= 11 is 0. The van der Waals surface area contributed by atoms with Gasteiger partial charge in [-0.3, -0.25) is 9.97 Å². The van der Waals surface area contributed by atoms with Crippen LogP contribution in [0, 0.1) is 0 Å². The molecule has 0 bridgehead atoms. The van der Waals surface area contributed by atoms with E-state index in [9.17, 15) is 0 Å². The molecule has 0 radical (unpaired) electrons. The highest BCUT2D eigenvalue weighted by molar-refractivity contribution is 7.03. The Labute approximate surface area is 380 Å². The number of para-hydroxylation sites is 2. The fourth-order valence-corrected chi connectivity index (χ4v) is 13.5. The molecule has 5 heteroatoms. The number of rotatable bonds is 8. The first-order chi connectivity index (χ1) is 32.0. The number of benzene rings is 9. The van der Waals surface area contributed by atoms with E-state index < -0.39 is 8.07 Å². The van der Waals surface area contributed by atoms with Crippen LogP contribution >= 0.6 is 0 Å². The molecule has 0 saturated carbocycles. The summed E-state index contributed by atoms with van der Waals surface area (Å²) in [6, 6.07) is 75.3. The highest BCUT2D eigenvalue weighted by atomic mass is 28.3. The first-order valence-corrected chi connectivity index (χ1v) is 25.3. The first-order valence-electron chi connectivity index (χ1n) is 22.3. The Balaban J connectivity index is 1.10. The van der Waals surface area contributed by atoms with Crippen LogP contribution in [0.15, 0.2) is 231 Å². The van der Waals surface area contributed by atoms with E-state index in [2.05, 4.69) is 227 Å². The number of nitrogens with zero attached hydrogens (tertiary/aromatic N) is 4. The molecule has 4 nitrogen and oxygen atoms in total. The van der Waals surface area contributed by atoms with Crippen molar-refractivity contribution in [2.24, 2.45) is 0 Å². The third-order valence-electron chi connectivity index (χ3n) is 13.4. The monoisotopic (exact) mass is 848 g/mol. The largest absolute Gasteiger partial charge is 0.308 e. The van der Waals surface area contributed by atoms with Crippen molar-refractivity contribution < 1.29 is 0 Å². The van der Waals surface area contributed by atoms with Crippen molar-refractivity contribution in [1.82, 2.24) is 9.97 Å². The molecule has 1 aliphatic heterocycles. The number of pyridine rings is 2. The molecule has 0 N–H and O–H groups in total. The minimum atomic E-state index is -2.31. The van der Waals surface area contributed by atoms with Gasteiger partial charge in [0.2, 0.25) is 0 Å². The zero-order valence-corrected chi connectivity index (χ0v) is 37.2. The second-order valence-corrected chi connectivity index (χ2v) is 21.7. The maximum atomic E-state index is 4.66. The number of hydrogen-bond donors (Lipinski definition) is 0. The molecular formula is C60H44N4Si. The number of anilines is 6. The van der Waals surface area contributed by atoms with Crippen LogP contribution in [0.4, 0.5) is 34.1 Å². The Morgan fingerprint density at radius 2 is 0.892 bits per heavy atom. The maximum absolute atomic E-state index is 4.66. The van der Waals surface area contributed by atoms with Crippen molar-refractivity contribution in [2.75, 3.05) is 9.80 Å². The van der Waals surface area contributed by atoms with Crippen molar-refractivity contribution in [2.45, 2.75) is 13.1 Å². The average Bonchev–Trinajstić information content (AvgIpc) is 3.37. The molecule has 65 heavy (non-hydrogen) atoms. The average molecular weight is 849 g/mol. The summed E-state index contributed by atoms with van der Waals surface area (Å²) in [6.07, 6.45) is 7.65. The van der Waals surface area contributed by atoms with Crippen LogP contribution in [0.2, 0.25) is 13.1 Å². The zero-order valence-electron chi connectivity index (χ0n) is 36.2. The molecule has 0 unspecified atom stereocenters. The van der Waals surface area contributed by atoms with Gasteiger partial charge in [0, 0.05) is 34.6 Å². The summed E-state index contributed by atoms with van der Waals surface area (Å²) < 4.78 is 0. The van der Waals surface area contributed by atoms with Crippen LogP contribution in [0.25, 0.3) is 65.7 Å². The predicted molar refractivity (Wildman–Crippen MR) is 277 cm³/mol. The van der Waals surface area contributed by atoms with Crippen LogP contribution in [-0.2, 0) is 0 Å². The third kappa shape index (κ3) is 6.35. The Bertz CT molecular complexity index is 3580. The van der Waals surface area contributed by atoms with Crippen LogP contribution in [-0.4, -0.2) is 18.0 Å². The topological polar surface area (TPSA) is 32.3 Å². The zero-order chi connectivity index (χ0) is 43.5. The quantitative estimate of drug-likeness (QED) is 0.113. The van der Waals surface area contributed by atoms with Gasteiger partial charge in [-0.15, -0.1) is 0 Å². The van der Waals surface area contributed by atoms with Gasteiger partial charge >= 0.3 is 0 Å². The Kier molecular flexibility index (Phi) is 9.25. The maximum Gasteiger partial charge on any atom is 0.113 e. The van der Waals surface area contributed by atoms with Crippen molar-refractivity contribution >= 4 is 84.9 Å². The van der Waals surface area contributed by atoms with E-state index in [0.29, 0.717) is 0 Å². The van der Waals surface area contributed by atoms with Gasteiger partial charge in [0.15, 0.2) is 0 Å². The summed E-state index contributed by atoms with van der Waals surface area (Å²) in [5, 5.41) is 10.4. The summed E-state index contributed by atoms with van der Waals surface area (Å²) in [5.74, 6) is 0. The van der Waals surface area contributed by atoms with Gasteiger partial charge in [-0.1, -0.05) is 159 Å². The van der Waals surface area contributed by atoms with Crippen molar-refractivity contribution in [3.8, 4) is 33.4 Å². The van der Waals surface area contributed by atoms with Gasteiger partial charge in [-0.2, -0.15) is 0 Å². The summed E-state index contributed by atoms with van der Waals surface area (Å²) in [5.41, 5.74) is 13.8. The van der Waals surface area contributed by atoms with Crippen LogP contribution < -0.4 is 20.2 Å². The molecule has 0 amide bonds. The second kappa shape index (κ2) is 15.6. The van der Waals surface area contributed by atoms with Gasteiger partial charge in [-0.25, -0.2) is 0 Å². The standard InChI is InChI=1S/C60H44N4Si/c1-65(2)58-31-15-28-51-53-38-57(64(45-23-17-35-62-40-45)56-30-14-12-25-47(56)42-20-7-4-8-21-42)49-27-10-9-26-48(49)52(53)37-54(60(51)58)50-33-32-43(36-59(50)65)63(44-22-16-34-61-39-44)55-29-13-11-24-46(55)41-18-5-3-6-19-41/h3-40H,1-2H3. The molecule has 0 aliphatic carbocycles. The summed E-state index contributed by atoms with van der Waals surface area (Å²) in [7, 11) is -2.31. The highest BCUT2D eigenvalue weighted by Gasteiger charge is 2.37. The SMILES string of the molecule is C[Si]1(C)c2cc(N(c3cccnc3)c3ccccc3-c3ccccc3)ccc2-c2cc3c4ccccc4c(N(c4cccnc4)c4ccccc4-c4ccccc4)cc3c3cccc1c23. The van der Waals surface area contributed by atoms with E-state index in [1.165, 1.54) is 70.5 Å². The van der Waals surface area contributed by atoms with E-state index in [0.717, 1.165) is 39.7 Å². The van der Waals surface area contributed by atoms with E-state index in [1.54, 1.807) is 0 Å².